The lowest BCUT2D eigenvalue weighted by atomic mass is 10.4. The Labute approximate surface area is 84.6 Å². The molecule has 0 aromatic heterocycles. The second-order valence-electron chi connectivity index (χ2n) is 2.32. The molecule has 0 atom stereocenters. The van der Waals surface area contributed by atoms with Gasteiger partial charge < -0.3 is 14.6 Å². The molecule has 0 fully saturated rings. The number of carbonyl (C=O) groups is 2. The summed E-state index contributed by atoms with van der Waals surface area (Å²) in [6, 6.07) is 0. The van der Waals surface area contributed by atoms with E-state index < -0.39 is 17.7 Å². The largest absolute Gasteiger partial charge is 0.502 e. The lowest BCUT2D eigenvalue weighted by Crippen LogP contribution is -2.06. The molecule has 1 N–H and O–H groups in total. The van der Waals surface area contributed by atoms with Crippen LogP contribution < -0.4 is 0 Å². The molecule has 0 saturated carbocycles. The number of carbonyl (C=O) groups excluding carboxylic acids is 2. The van der Waals surface area contributed by atoms with Crippen LogP contribution in [0.3, 0.4) is 0 Å². The van der Waals surface area contributed by atoms with E-state index in [9.17, 15) is 9.59 Å². The average molecular weight is 219 g/mol. The molecule has 0 aliphatic carbocycles. The van der Waals surface area contributed by atoms with Gasteiger partial charge in [0.05, 0.1) is 6.61 Å². The Morgan fingerprint density at radius 2 is 2.36 bits per heavy atom. The molecular weight excluding hydrogens is 212 g/mol. The normalized spacial score (nSPS) is 18.7. The zero-order valence-electron chi connectivity index (χ0n) is 7.24. The van der Waals surface area contributed by atoms with Crippen molar-refractivity contribution >= 4 is 23.5 Å². The van der Waals surface area contributed by atoms with E-state index in [1.807, 2.05) is 0 Å². The number of hydrogen-bond donors (Lipinski definition) is 1. The first-order valence-corrected chi connectivity index (χ1v) is 4.13. The molecule has 1 aliphatic heterocycles. The zero-order chi connectivity index (χ0) is 10.7. The number of aliphatic hydroxyl groups is 1. The van der Waals surface area contributed by atoms with Gasteiger partial charge in [0, 0.05) is 6.08 Å². The third-order valence-electron chi connectivity index (χ3n) is 1.35. The molecule has 0 aromatic rings. The van der Waals surface area contributed by atoms with Gasteiger partial charge >= 0.3 is 11.9 Å². The van der Waals surface area contributed by atoms with Crippen molar-refractivity contribution in [3.05, 3.63) is 22.6 Å². The first-order valence-electron chi connectivity index (χ1n) is 3.76. The fourth-order valence-corrected chi connectivity index (χ4v) is 0.916. The summed E-state index contributed by atoms with van der Waals surface area (Å²) in [5, 5.41) is 8.50. The maximum atomic E-state index is 11.0. The molecule has 0 spiro atoms. The minimum atomic E-state index is -0.942. The van der Waals surface area contributed by atoms with Gasteiger partial charge in [-0.25, -0.2) is 9.59 Å². The van der Waals surface area contributed by atoms with E-state index in [4.69, 9.17) is 16.7 Å². The van der Waals surface area contributed by atoms with Crippen LogP contribution in [0.4, 0.5) is 0 Å². The Morgan fingerprint density at radius 3 is 2.79 bits per heavy atom. The van der Waals surface area contributed by atoms with E-state index >= 15 is 0 Å². The highest BCUT2D eigenvalue weighted by Gasteiger charge is 2.25. The third kappa shape index (κ3) is 2.05. The Balaban J connectivity index is 2.87. The van der Waals surface area contributed by atoms with Crippen LogP contribution in [0.2, 0.25) is 0 Å². The van der Waals surface area contributed by atoms with Gasteiger partial charge in [0.1, 0.15) is 0 Å². The van der Waals surface area contributed by atoms with Gasteiger partial charge in [0.25, 0.3) is 0 Å². The van der Waals surface area contributed by atoms with Crippen LogP contribution >= 0.6 is 11.6 Å². The summed E-state index contributed by atoms with van der Waals surface area (Å²) >= 11 is 5.52. The summed E-state index contributed by atoms with van der Waals surface area (Å²) < 4.78 is 9.02. The minimum Gasteiger partial charge on any atom is -0.502 e. The molecule has 6 heteroatoms. The first kappa shape index (κ1) is 10.6. The van der Waals surface area contributed by atoms with Crippen LogP contribution in [0.1, 0.15) is 6.92 Å². The second-order valence-corrected chi connectivity index (χ2v) is 2.70. The molecule has 0 amide bonds. The Kier molecular flexibility index (Phi) is 3.14. The third-order valence-corrected chi connectivity index (χ3v) is 1.69. The van der Waals surface area contributed by atoms with Crippen LogP contribution in [-0.4, -0.2) is 23.7 Å². The van der Waals surface area contributed by atoms with Gasteiger partial charge in [-0.1, -0.05) is 11.6 Å². The minimum absolute atomic E-state index is 0.159. The lowest BCUT2D eigenvalue weighted by Gasteiger charge is -2.01. The molecule has 14 heavy (non-hydrogen) atoms. The van der Waals surface area contributed by atoms with E-state index in [-0.39, 0.29) is 17.4 Å². The van der Waals surface area contributed by atoms with E-state index in [1.165, 1.54) is 0 Å². The highest BCUT2D eigenvalue weighted by molar-refractivity contribution is 6.41. The van der Waals surface area contributed by atoms with Crippen molar-refractivity contribution in [1.29, 1.82) is 0 Å². The SMILES string of the molecule is CCOC(=O)/C(Cl)=C1\C=C(O)C(=O)O1. The second kappa shape index (κ2) is 4.15. The standard InChI is InChI=1S/C8H7ClO5/c1-2-13-8(12)6(9)5-3-4(10)7(11)14-5/h3,10H,2H2,1H3/b6-5-. The van der Waals surface area contributed by atoms with Crippen molar-refractivity contribution in [3.63, 3.8) is 0 Å². The molecule has 1 heterocycles. The highest BCUT2D eigenvalue weighted by Crippen LogP contribution is 2.21. The first-order chi connectivity index (χ1) is 6.56. The lowest BCUT2D eigenvalue weighted by molar-refractivity contribution is -0.138. The summed E-state index contributed by atoms with van der Waals surface area (Å²) in [5.74, 6) is -2.54. The fraction of sp³-hybridized carbons (Fsp3) is 0.250. The smallest absolute Gasteiger partial charge is 0.378 e. The van der Waals surface area contributed by atoms with Gasteiger partial charge in [-0.2, -0.15) is 0 Å². The topological polar surface area (TPSA) is 72.8 Å². The number of rotatable bonds is 2. The van der Waals surface area contributed by atoms with Crippen LogP contribution in [-0.2, 0) is 19.1 Å². The molecule has 0 unspecified atom stereocenters. The van der Waals surface area contributed by atoms with Crippen LogP contribution in [0, 0.1) is 0 Å². The summed E-state index contributed by atoms with van der Waals surface area (Å²) in [6.07, 6.45) is 0.960. The fourth-order valence-electron chi connectivity index (χ4n) is 0.768. The summed E-state index contributed by atoms with van der Waals surface area (Å²) in [4.78, 5) is 21.7. The zero-order valence-corrected chi connectivity index (χ0v) is 8.00. The Morgan fingerprint density at radius 1 is 1.71 bits per heavy atom. The quantitative estimate of drug-likeness (QED) is 0.553. The van der Waals surface area contributed by atoms with E-state index in [1.54, 1.807) is 6.92 Å². The van der Waals surface area contributed by atoms with E-state index in [2.05, 4.69) is 9.47 Å². The van der Waals surface area contributed by atoms with Crippen molar-refractivity contribution in [1.82, 2.24) is 0 Å². The molecule has 1 aliphatic rings. The molecule has 1 rings (SSSR count). The van der Waals surface area contributed by atoms with Crippen molar-refractivity contribution in [2.75, 3.05) is 6.61 Å². The molecule has 0 bridgehead atoms. The number of aliphatic hydroxyl groups excluding tert-OH is 1. The molecule has 76 valence electrons. The average Bonchev–Trinajstić information content (AvgIpc) is 2.46. The van der Waals surface area contributed by atoms with Gasteiger partial charge in [0.15, 0.2) is 10.8 Å². The summed E-state index contributed by atoms with van der Waals surface area (Å²) in [5.41, 5.74) is 0. The number of hydrogen-bond acceptors (Lipinski definition) is 5. The van der Waals surface area contributed by atoms with E-state index in [0.717, 1.165) is 6.08 Å². The van der Waals surface area contributed by atoms with Crippen LogP contribution in [0.15, 0.2) is 22.6 Å². The van der Waals surface area contributed by atoms with Gasteiger partial charge in [-0.3, -0.25) is 0 Å². The van der Waals surface area contributed by atoms with Gasteiger partial charge in [-0.05, 0) is 6.92 Å². The molecule has 0 aromatic carbocycles. The molecule has 5 nitrogen and oxygen atoms in total. The number of halogens is 1. The van der Waals surface area contributed by atoms with Crippen molar-refractivity contribution in [2.45, 2.75) is 6.92 Å². The Hall–Kier alpha value is -1.49. The summed E-state index contributed by atoms with van der Waals surface area (Å²) in [6.45, 7) is 1.77. The number of esters is 2. The molecule has 0 radical (unpaired) electrons. The predicted molar refractivity (Wildman–Crippen MR) is 46.3 cm³/mol. The number of ether oxygens (including phenoxy) is 2. The monoisotopic (exact) mass is 218 g/mol. The van der Waals surface area contributed by atoms with Crippen LogP contribution in [0.25, 0.3) is 0 Å². The number of allylic oxidation sites excluding steroid dienone is 1. The van der Waals surface area contributed by atoms with Gasteiger partial charge in [0.2, 0.25) is 5.76 Å². The maximum Gasteiger partial charge on any atom is 0.378 e. The van der Waals surface area contributed by atoms with Crippen LogP contribution in [0.5, 0.6) is 0 Å². The van der Waals surface area contributed by atoms with Crippen molar-refractivity contribution in [3.8, 4) is 0 Å². The van der Waals surface area contributed by atoms with E-state index in [0.29, 0.717) is 0 Å². The van der Waals surface area contributed by atoms with Gasteiger partial charge in [-0.15, -0.1) is 0 Å². The predicted octanol–water partition coefficient (Wildman–Crippen LogP) is 0.999. The van der Waals surface area contributed by atoms with Crippen molar-refractivity contribution in [2.24, 2.45) is 0 Å². The highest BCUT2D eigenvalue weighted by atomic mass is 35.5. The number of cyclic esters (lactones) is 1. The Bertz CT molecular complexity index is 342. The summed E-state index contributed by atoms with van der Waals surface area (Å²) in [7, 11) is 0. The van der Waals surface area contributed by atoms with Crippen molar-refractivity contribution < 1.29 is 24.2 Å². The molecule has 0 saturated heterocycles. The molecular formula is C8H7ClO5. The maximum absolute atomic E-state index is 11.0.